The molecule has 0 aromatic heterocycles. The van der Waals surface area contributed by atoms with Crippen molar-refractivity contribution in [1.82, 2.24) is 0 Å². The molecule has 0 bridgehead atoms. The predicted molar refractivity (Wildman–Crippen MR) is 126 cm³/mol. The fraction of sp³-hybridized carbons (Fsp3) is 0.654. The lowest BCUT2D eigenvalue weighted by atomic mass is 10.0. The summed E-state index contributed by atoms with van der Waals surface area (Å²) >= 11 is 0. The topological polar surface area (TPSA) is 44.8 Å². The number of rotatable bonds is 13. The summed E-state index contributed by atoms with van der Waals surface area (Å²) in [5.41, 5.74) is 4.44. The van der Waals surface area contributed by atoms with Gasteiger partial charge in [0.1, 0.15) is 5.60 Å². The quantitative estimate of drug-likeness (QED) is 0.138. The molecule has 0 saturated carbocycles. The number of allylic oxidation sites excluding steroid dienone is 6. The second-order valence-corrected chi connectivity index (χ2v) is 9.05. The van der Waals surface area contributed by atoms with Crippen LogP contribution in [0, 0.1) is 0 Å². The Bertz CT molecular complexity index is 622. The molecule has 0 aromatic carbocycles. The van der Waals surface area contributed by atoms with Gasteiger partial charge < -0.3 is 14.2 Å². The van der Waals surface area contributed by atoms with Crippen molar-refractivity contribution in [1.29, 1.82) is 0 Å². The molecule has 30 heavy (non-hydrogen) atoms. The van der Waals surface area contributed by atoms with Gasteiger partial charge in [-0.25, -0.2) is 4.79 Å². The minimum atomic E-state index is -0.544. The molecule has 0 fully saturated rings. The predicted octanol–water partition coefficient (Wildman–Crippen LogP) is 7.07. The van der Waals surface area contributed by atoms with Gasteiger partial charge in [0.05, 0.1) is 0 Å². The maximum atomic E-state index is 12.2. The highest BCUT2D eigenvalue weighted by Gasteiger charge is 2.18. The Hall–Kier alpha value is -1.65. The van der Waals surface area contributed by atoms with E-state index in [0.717, 1.165) is 37.7 Å². The van der Waals surface area contributed by atoms with Gasteiger partial charge in [-0.15, -0.1) is 0 Å². The summed E-state index contributed by atoms with van der Waals surface area (Å²) in [5.74, 6) is -0.369. The summed E-state index contributed by atoms with van der Waals surface area (Å²) in [4.78, 5) is 12.2. The van der Waals surface area contributed by atoms with Crippen molar-refractivity contribution in [3.05, 3.63) is 46.6 Å². The highest BCUT2D eigenvalue weighted by atomic mass is 16.7. The molecule has 0 spiro atoms. The maximum absolute atomic E-state index is 12.2. The summed E-state index contributed by atoms with van der Waals surface area (Å²) in [7, 11) is 3.15. The van der Waals surface area contributed by atoms with Gasteiger partial charge in [-0.1, -0.05) is 34.9 Å². The monoisotopic (exact) mass is 420 g/mol. The fourth-order valence-corrected chi connectivity index (χ4v) is 2.96. The van der Waals surface area contributed by atoms with E-state index in [2.05, 4.69) is 45.9 Å². The van der Waals surface area contributed by atoms with Crippen LogP contribution in [0.1, 0.15) is 87.0 Å². The molecule has 172 valence electrons. The summed E-state index contributed by atoms with van der Waals surface area (Å²) in [6.07, 6.45) is 13.7. The smallest absolute Gasteiger partial charge is 0.331 e. The molecule has 0 aliphatic rings. The van der Waals surface area contributed by atoms with Gasteiger partial charge >= 0.3 is 5.97 Å². The first-order valence-electron chi connectivity index (χ1n) is 10.9. The molecule has 4 nitrogen and oxygen atoms in total. The van der Waals surface area contributed by atoms with Crippen LogP contribution in [0.15, 0.2) is 46.6 Å². The Balaban J connectivity index is 4.74. The van der Waals surface area contributed by atoms with Crippen LogP contribution in [-0.4, -0.2) is 32.1 Å². The van der Waals surface area contributed by atoms with Crippen molar-refractivity contribution in [3.8, 4) is 0 Å². The Morgan fingerprint density at radius 2 is 1.27 bits per heavy atom. The standard InChI is InChI=1S/C26H44O4/c1-20(2)13-10-14-21(3)15-11-16-22(4)17-12-18-23(25(28-8)29-9)19-24(27)30-26(5,6)7/h13,15,17,19,25H,10-12,14,16,18H2,1-9H3/b21-15+,22-17+,23-19-. The summed E-state index contributed by atoms with van der Waals surface area (Å²) in [6, 6.07) is 0. The molecule has 0 aliphatic heterocycles. The average molecular weight is 421 g/mol. The van der Waals surface area contributed by atoms with Gasteiger partial charge in [-0.3, -0.25) is 0 Å². The van der Waals surface area contributed by atoms with Crippen LogP contribution in [0.4, 0.5) is 0 Å². The van der Waals surface area contributed by atoms with Crippen molar-refractivity contribution >= 4 is 5.97 Å². The third-order valence-electron chi connectivity index (χ3n) is 4.49. The van der Waals surface area contributed by atoms with Gasteiger partial charge in [0.25, 0.3) is 0 Å². The SMILES string of the molecule is COC(OC)/C(=C\C(=O)OC(C)(C)C)CC/C=C(\C)CC/C=C(\C)CCC=C(C)C. The minimum Gasteiger partial charge on any atom is -0.457 e. The number of esters is 1. The van der Waals surface area contributed by atoms with E-state index in [1.165, 1.54) is 22.8 Å². The molecule has 0 aromatic rings. The van der Waals surface area contributed by atoms with Crippen molar-refractivity contribution < 1.29 is 19.0 Å². The van der Waals surface area contributed by atoms with Crippen LogP contribution < -0.4 is 0 Å². The first kappa shape index (κ1) is 28.4. The molecule has 0 unspecified atom stereocenters. The molecular formula is C26H44O4. The van der Waals surface area contributed by atoms with Gasteiger partial charge in [0, 0.05) is 20.3 Å². The Labute approximate surface area is 185 Å². The molecule has 0 radical (unpaired) electrons. The van der Waals surface area contributed by atoms with Crippen molar-refractivity contribution in [2.24, 2.45) is 0 Å². The molecule has 4 heteroatoms. The summed E-state index contributed by atoms with van der Waals surface area (Å²) in [5, 5.41) is 0. The molecule has 0 atom stereocenters. The molecule has 0 heterocycles. The van der Waals surface area contributed by atoms with E-state index in [4.69, 9.17) is 14.2 Å². The number of methoxy groups -OCH3 is 2. The Morgan fingerprint density at radius 3 is 1.70 bits per heavy atom. The number of hydrogen-bond acceptors (Lipinski definition) is 4. The van der Waals surface area contributed by atoms with Gasteiger partial charge in [0.2, 0.25) is 0 Å². The third kappa shape index (κ3) is 15.2. The van der Waals surface area contributed by atoms with Crippen LogP contribution in [0.5, 0.6) is 0 Å². The van der Waals surface area contributed by atoms with Gasteiger partial charge in [-0.05, 0) is 92.6 Å². The number of carbonyl (C=O) groups is 1. The largest absolute Gasteiger partial charge is 0.457 e. The third-order valence-corrected chi connectivity index (χ3v) is 4.49. The highest BCUT2D eigenvalue weighted by molar-refractivity contribution is 5.83. The van der Waals surface area contributed by atoms with Crippen LogP contribution in [-0.2, 0) is 19.0 Å². The first-order chi connectivity index (χ1) is 14.0. The number of hydrogen-bond donors (Lipinski definition) is 0. The van der Waals surface area contributed by atoms with E-state index in [-0.39, 0.29) is 5.97 Å². The lowest BCUT2D eigenvalue weighted by Crippen LogP contribution is -2.24. The Kier molecular flexibility index (Phi) is 14.4. The minimum absolute atomic E-state index is 0.369. The van der Waals surface area contributed by atoms with Crippen molar-refractivity contribution in [2.75, 3.05) is 14.2 Å². The van der Waals surface area contributed by atoms with E-state index >= 15 is 0 Å². The lowest BCUT2D eigenvalue weighted by Gasteiger charge is -2.20. The van der Waals surface area contributed by atoms with Crippen molar-refractivity contribution in [3.63, 3.8) is 0 Å². The second-order valence-electron chi connectivity index (χ2n) is 9.05. The normalized spacial score (nSPS) is 13.6. The summed E-state index contributed by atoms with van der Waals surface area (Å²) in [6.45, 7) is 14.2. The molecular weight excluding hydrogens is 376 g/mol. The van der Waals surface area contributed by atoms with Crippen molar-refractivity contribution in [2.45, 2.75) is 98.9 Å². The zero-order chi connectivity index (χ0) is 23.2. The van der Waals surface area contributed by atoms with Gasteiger partial charge in [-0.2, -0.15) is 0 Å². The average Bonchev–Trinajstić information content (AvgIpc) is 2.60. The van der Waals surface area contributed by atoms with Gasteiger partial charge in [0.15, 0.2) is 6.29 Å². The number of carbonyl (C=O) groups excluding carboxylic acids is 1. The summed E-state index contributed by atoms with van der Waals surface area (Å²) < 4.78 is 16.1. The molecule has 0 aliphatic carbocycles. The highest BCUT2D eigenvalue weighted by Crippen LogP contribution is 2.18. The zero-order valence-corrected chi connectivity index (χ0v) is 20.8. The van der Waals surface area contributed by atoms with Crippen LogP contribution in [0.2, 0.25) is 0 Å². The van der Waals surface area contributed by atoms with E-state index in [1.54, 1.807) is 14.2 Å². The molecule has 0 N–H and O–H groups in total. The molecule has 0 amide bonds. The van der Waals surface area contributed by atoms with E-state index < -0.39 is 11.9 Å². The second kappa shape index (κ2) is 15.2. The van der Waals surface area contributed by atoms with E-state index in [0.29, 0.717) is 6.42 Å². The Morgan fingerprint density at radius 1 is 0.800 bits per heavy atom. The van der Waals surface area contributed by atoms with Crippen LogP contribution in [0.3, 0.4) is 0 Å². The fourth-order valence-electron chi connectivity index (χ4n) is 2.96. The lowest BCUT2D eigenvalue weighted by molar-refractivity contribution is -0.149. The molecule has 0 saturated heterocycles. The zero-order valence-electron chi connectivity index (χ0n) is 20.8. The van der Waals surface area contributed by atoms with Crippen LogP contribution in [0.25, 0.3) is 0 Å². The van der Waals surface area contributed by atoms with Crippen LogP contribution >= 0.6 is 0 Å². The maximum Gasteiger partial charge on any atom is 0.331 e. The van der Waals surface area contributed by atoms with E-state index in [1.807, 2.05) is 20.8 Å². The first-order valence-corrected chi connectivity index (χ1v) is 10.9. The number of ether oxygens (including phenoxy) is 3. The molecule has 0 rings (SSSR count). The van der Waals surface area contributed by atoms with E-state index in [9.17, 15) is 4.79 Å².